The number of amides is 2. The van der Waals surface area contributed by atoms with Gasteiger partial charge in [-0.25, -0.2) is 4.79 Å². The molecule has 0 aliphatic rings. The highest BCUT2D eigenvalue weighted by Crippen LogP contribution is 2.28. The monoisotopic (exact) mass is 344 g/mol. The second-order valence-corrected chi connectivity index (χ2v) is 5.65. The summed E-state index contributed by atoms with van der Waals surface area (Å²) < 4.78 is 11.3. The van der Waals surface area contributed by atoms with Crippen LogP contribution in [-0.4, -0.2) is 24.9 Å². The Bertz CT molecular complexity index is 746. The number of carbonyl (C=O) groups excluding carboxylic acids is 1. The Morgan fingerprint density at radius 2 is 1.92 bits per heavy atom. The SMILES string of the molecule is CCOc1ccc(COc2ccc(C)cc2C)c(N(O)C(=O)NC)c1. The predicted molar refractivity (Wildman–Crippen MR) is 96.6 cm³/mol. The van der Waals surface area contributed by atoms with Crippen LogP contribution in [0.2, 0.25) is 0 Å². The smallest absolute Gasteiger partial charge is 0.345 e. The topological polar surface area (TPSA) is 71.0 Å². The third kappa shape index (κ3) is 4.64. The van der Waals surface area contributed by atoms with E-state index >= 15 is 0 Å². The van der Waals surface area contributed by atoms with Crippen LogP contribution in [-0.2, 0) is 6.61 Å². The van der Waals surface area contributed by atoms with Crippen molar-refractivity contribution in [1.82, 2.24) is 5.32 Å². The molecule has 2 amide bonds. The first-order valence-corrected chi connectivity index (χ1v) is 8.12. The van der Waals surface area contributed by atoms with E-state index in [9.17, 15) is 10.0 Å². The van der Waals surface area contributed by atoms with E-state index in [1.165, 1.54) is 7.05 Å². The van der Waals surface area contributed by atoms with Crippen molar-refractivity contribution in [1.29, 1.82) is 0 Å². The lowest BCUT2D eigenvalue weighted by Crippen LogP contribution is -2.36. The van der Waals surface area contributed by atoms with Crippen molar-refractivity contribution in [3.8, 4) is 11.5 Å². The van der Waals surface area contributed by atoms with Gasteiger partial charge in [0.25, 0.3) is 0 Å². The first-order valence-electron chi connectivity index (χ1n) is 8.12. The number of anilines is 1. The van der Waals surface area contributed by atoms with Crippen molar-refractivity contribution >= 4 is 11.7 Å². The molecule has 0 saturated heterocycles. The highest BCUT2D eigenvalue weighted by atomic mass is 16.5. The maximum absolute atomic E-state index is 11.8. The van der Waals surface area contributed by atoms with Gasteiger partial charge in [-0.3, -0.25) is 5.21 Å². The molecule has 25 heavy (non-hydrogen) atoms. The van der Waals surface area contributed by atoms with E-state index in [2.05, 4.69) is 5.32 Å². The lowest BCUT2D eigenvalue weighted by atomic mass is 10.1. The van der Waals surface area contributed by atoms with Gasteiger partial charge in [-0.2, -0.15) is 5.06 Å². The lowest BCUT2D eigenvalue weighted by molar-refractivity contribution is 0.205. The summed E-state index contributed by atoms with van der Waals surface area (Å²) in [5.41, 5.74) is 3.16. The van der Waals surface area contributed by atoms with E-state index in [0.29, 0.717) is 28.7 Å². The number of nitrogens with one attached hydrogen (secondary N) is 1. The van der Waals surface area contributed by atoms with Crippen LogP contribution in [0.5, 0.6) is 11.5 Å². The predicted octanol–water partition coefficient (Wildman–Crippen LogP) is 3.82. The Morgan fingerprint density at radius 3 is 2.56 bits per heavy atom. The zero-order valence-electron chi connectivity index (χ0n) is 15.0. The molecule has 6 heteroatoms. The van der Waals surface area contributed by atoms with Crippen LogP contribution in [0.25, 0.3) is 0 Å². The van der Waals surface area contributed by atoms with Gasteiger partial charge in [-0.1, -0.05) is 17.7 Å². The molecule has 0 heterocycles. The number of benzene rings is 2. The molecule has 0 aliphatic heterocycles. The summed E-state index contributed by atoms with van der Waals surface area (Å²) in [7, 11) is 1.45. The quantitative estimate of drug-likeness (QED) is 0.617. The van der Waals surface area contributed by atoms with Crippen LogP contribution in [0.15, 0.2) is 36.4 Å². The highest BCUT2D eigenvalue weighted by Gasteiger charge is 2.17. The maximum Gasteiger partial charge on any atom is 0.345 e. The summed E-state index contributed by atoms with van der Waals surface area (Å²) in [6.45, 7) is 6.56. The summed E-state index contributed by atoms with van der Waals surface area (Å²) in [6, 6.07) is 10.5. The minimum absolute atomic E-state index is 0.208. The van der Waals surface area contributed by atoms with E-state index in [4.69, 9.17) is 9.47 Å². The van der Waals surface area contributed by atoms with Crippen LogP contribution in [0.4, 0.5) is 10.5 Å². The molecule has 0 aliphatic carbocycles. The largest absolute Gasteiger partial charge is 0.494 e. The van der Waals surface area contributed by atoms with Crippen molar-refractivity contribution in [3.63, 3.8) is 0 Å². The van der Waals surface area contributed by atoms with Gasteiger partial charge in [0.15, 0.2) is 0 Å². The summed E-state index contributed by atoms with van der Waals surface area (Å²) in [5, 5.41) is 13.1. The van der Waals surface area contributed by atoms with Crippen molar-refractivity contribution in [2.45, 2.75) is 27.4 Å². The zero-order chi connectivity index (χ0) is 18.4. The molecule has 0 saturated carbocycles. The first kappa shape index (κ1) is 18.6. The first-order chi connectivity index (χ1) is 12.0. The van der Waals surface area contributed by atoms with Gasteiger partial charge < -0.3 is 14.8 Å². The van der Waals surface area contributed by atoms with Crippen molar-refractivity contribution in [2.75, 3.05) is 18.7 Å². The summed E-state index contributed by atoms with van der Waals surface area (Å²) in [6.07, 6.45) is 0. The Balaban J connectivity index is 2.27. The van der Waals surface area contributed by atoms with Crippen LogP contribution in [0.1, 0.15) is 23.6 Å². The van der Waals surface area contributed by atoms with E-state index in [1.54, 1.807) is 18.2 Å². The third-order valence-corrected chi connectivity index (χ3v) is 3.72. The Morgan fingerprint density at radius 1 is 1.16 bits per heavy atom. The molecule has 0 radical (unpaired) electrons. The minimum Gasteiger partial charge on any atom is -0.494 e. The second kappa shape index (κ2) is 8.39. The molecule has 0 atom stereocenters. The molecule has 134 valence electrons. The summed E-state index contributed by atoms with van der Waals surface area (Å²) >= 11 is 0. The normalized spacial score (nSPS) is 10.3. The van der Waals surface area contributed by atoms with E-state index in [-0.39, 0.29) is 6.61 Å². The van der Waals surface area contributed by atoms with Gasteiger partial charge in [-0.05, 0) is 44.5 Å². The Labute approximate surface area is 147 Å². The Kier molecular flexibility index (Phi) is 6.25. The molecule has 0 aromatic heterocycles. The molecule has 6 nitrogen and oxygen atoms in total. The van der Waals surface area contributed by atoms with Gasteiger partial charge >= 0.3 is 6.03 Å². The number of urea groups is 1. The number of ether oxygens (including phenoxy) is 2. The molecule has 0 bridgehead atoms. The molecule has 2 aromatic rings. The average Bonchev–Trinajstić information content (AvgIpc) is 2.60. The van der Waals surface area contributed by atoms with Gasteiger partial charge in [0.1, 0.15) is 18.1 Å². The van der Waals surface area contributed by atoms with Gasteiger partial charge in [0, 0.05) is 18.7 Å². The zero-order valence-corrected chi connectivity index (χ0v) is 15.0. The lowest BCUT2D eigenvalue weighted by Gasteiger charge is -2.20. The van der Waals surface area contributed by atoms with Gasteiger partial charge in [-0.15, -0.1) is 0 Å². The number of hydrogen-bond donors (Lipinski definition) is 2. The molecular formula is C19H24N2O4. The van der Waals surface area contributed by atoms with E-state index in [0.717, 1.165) is 16.9 Å². The van der Waals surface area contributed by atoms with Crippen LogP contribution in [0.3, 0.4) is 0 Å². The summed E-state index contributed by atoms with van der Waals surface area (Å²) in [5.74, 6) is 1.32. The third-order valence-electron chi connectivity index (χ3n) is 3.72. The number of rotatable bonds is 6. The molecule has 0 fully saturated rings. The second-order valence-electron chi connectivity index (χ2n) is 5.65. The van der Waals surface area contributed by atoms with Crippen molar-refractivity contribution < 1.29 is 19.5 Å². The number of hydroxylamine groups is 1. The molecule has 0 unspecified atom stereocenters. The molecule has 2 rings (SSSR count). The average molecular weight is 344 g/mol. The number of hydrogen-bond acceptors (Lipinski definition) is 4. The molecular weight excluding hydrogens is 320 g/mol. The Hall–Kier alpha value is -2.73. The highest BCUT2D eigenvalue weighted by molar-refractivity contribution is 5.90. The van der Waals surface area contributed by atoms with E-state index in [1.807, 2.05) is 39.0 Å². The molecule has 2 aromatic carbocycles. The minimum atomic E-state index is -0.638. The fraction of sp³-hybridized carbons (Fsp3) is 0.316. The summed E-state index contributed by atoms with van der Waals surface area (Å²) in [4.78, 5) is 11.8. The van der Waals surface area contributed by atoms with Crippen LogP contribution >= 0.6 is 0 Å². The van der Waals surface area contributed by atoms with Gasteiger partial charge in [0.2, 0.25) is 0 Å². The molecule has 2 N–H and O–H groups in total. The van der Waals surface area contributed by atoms with Crippen molar-refractivity contribution in [2.24, 2.45) is 0 Å². The standard InChI is InChI=1S/C19H24N2O4/c1-5-24-16-8-7-15(17(11-16)21(23)19(22)20-4)12-25-18-9-6-13(2)10-14(18)3/h6-11,23H,5,12H2,1-4H3,(H,20,22). The number of carbonyl (C=O) groups is 1. The maximum atomic E-state index is 11.8. The number of nitrogens with zero attached hydrogens (tertiary/aromatic N) is 1. The molecule has 0 spiro atoms. The van der Waals surface area contributed by atoms with Crippen molar-refractivity contribution in [3.05, 3.63) is 53.1 Å². The fourth-order valence-corrected chi connectivity index (χ4v) is 2.45. The number of aryl methyl sites for hydroxylation is 2. The van der Waals surface area contributed by atoms with Crippen LogP contribution in [0, 0.1) is 13.8 Å². The van der Waals surface area contributed by atoms with Gasteiger partial charge in [0.05, 0.1) is 12.3 Å². The fourth-order valence-electron chi connectivity index (χ4n) is 2.45. The van der Waals surface area contributed by atoms with Crippen LogP contribution < -0.4 is 19.9 Å². The van der Waals surface area contributed by atoms with E-state index < -0.39 is 6.03 Å².